The van der Waals surface area contributed by atoms with Gasteiger partial charge in [0.15, 0.2) is 0 Å². The number of amides is 1. The molecule has 1 aliphatic rings. The molecule has 1 aliphatic heterocycles. The van der Waals surface area contributed by atoms with Crippen molar-refractivity contribution in [1.29, 1.82) is 0 Å². The lowest BCUT2D eigenvalue weighted by atomic mass is 9.82. The van der Waals surface area contributed by atoms with E-state index in [4.69, 9.17) is 9.47 Å². The Morgan fingerprint density at radius 1 is 1.10 bits per heavy atom. The number of likely N-dealkylation sites (tertiary alicyclic amines) is 1. The highest BCUT2D eigenvalue weighted by Crippen LogP contribution is 2.39. The van der Waals surface area contributed by atoms with Gasteiger partial charge in [0, 0.05) is 6.54 Å². The van der Waals surface area contributed by atoms with E-state index >= 15 is 0 Å². The molecule has 0 spiro atoms. The average molecular weight is 422 g/mol. The van der Waals surface area contributed by atoms with Gasteiger partial charge in [-0.3, -0.25) is 4.79 Å². The molecular weight excluding hydrogens is 397 g/mol. The monoisotopic (exact) mass is 422 g/mol. The number of likely N-dealkylation sites (N-methyl/N-ethyl adjacent to an activating group) is 1. The molecule has 0 radical (unpaired) electrons. The van der Waals surface area contributed by atoms with Gasteiger partial charge in [0.1, 0.15) is 17.1 Å². The fourth-order valence-electron chi connectivity index (χ4n) is 4.02. The summed E-state index contributed by atoms with van der Waals surface area (Å²) in [6, 6.07) is 11.2. The Morgan fingerprint density at radius 2 is 1.70 bits per heavy atom. The molecule has 8 heteroatoms. The van der Waals surface area contributed by atoms with E-state index in [-0.39, 0.29) is 17.1 Å². The normalized spacial score (nSPS) is 19.9. The van der Waals surface area contributed by atoms with Gasteiger partial charge in [-0.05, 0) is 44.1 Å². The largest absolute Gasteiger partial charge is 0.496 e. The van der Waals surface area contributed by atoms with Crippen LogP contribution in [0.4, 0.5) is 13.2 Å². The Hall–Kier alpha value is -2.74. The molecule has 1 amide bonds. The van der Waals surface area contributed by atoms with Gasteiger partial charge in [-0.25, -0.2) is 0 Å². The Balaban J connectivity index is 2.04. The fourth-order valence-corrected chi connectivity index (χ4v) is 4.02. The number of carbonyl (C=O) groups excluding carboxylic acids is 1. The quantitative estimate of drug-likeness (QED) is 0.789. The van der Waals surface area contributed by atoms with E-state index in [1.807, 2.05) is 37.4 Å². The summed E-state index contributed by atoms with van der Waals surface area (Å²) in [5, 5.41) is 3.08. The Bertz CT molecular complexity index is 877. The van der Waals surface area contributed by atoms with Gasteiger partial charge in [-0.1, -0.05) is 30.3 Å². The van der Waals surface area contributed by atoms with E-state index in [1.165, 1.54) is 14.2 Å². The molecule has 3 rings (SSSR count). The van der Waals surface area contributed by atoms with E-state index in [0.29, 0.717) is 13.0 Å². The summed E-state index contributed by atoms with van der Waals surface area (Å²) in [4.78, 5) is 15.5. The maximum absolute atomic E-state index is 13.3. The second-order valence-corrected chi connectivity index (χ2v) is 7.50. The molecule has 162 valence electrons. The summed E-state index contributed by atoms with van der Waals surface area (Å²) in [5.41, 5.74) is -0.737. The van der Waals surface area contributed by atoms with Crippen molar-refractivity contribution >= 4 is 5.91 Å². The first-order valence-electron chi connectivity index (χ1n) is 9.60. The fraction of sp³-hybridized carbons (Fsp3) is 0.409. The van der Waals surface area contributed by atoms with Crippen LogP contribution in [0, 0.1) is 0 Å². The van der Waals surface area contributed by atoms with Crippen LogP contribution >= 0.6 is 0 Å². The zero-order valence-corrected chi connectivity index (χ0v) is 17.2. The molecular formula is C22H25F3N2O3. The molecule has 0 aromatic heterocycles. The second-order valence-electron chi connectivity index (χ2n) is 7.50. The van der Waals surface area contributed by atoms with E-state index < -0.39 is 23.2 Å². The number of ether oxygens (including phenoxy) is 2. The number of piperidine rings is 1. The first-order chi connectivity index (χ1) is 14.2. The molecule has 2 aromatic carbocycles. The summed E-state index contributed by atoms with van der Waals surface area (Å²) < 4.78 is 50.0. The van der Waals surface area contributed by atoms with Crippen molar-refractivity contribution in [2.24, 2.45) is 0 Å². The third kappa shape index (κ3) is 4.38. The van der Waals surface area contributed by atoms with Gasteiger partial charge >= 0.3 is 6.18 Å². The highest BCUT2D eigenvalue weighted by Gasteiger charge is 2.40. The number of benzene rings is 2. The van der Waals surface area contributed by atoms with Gasteiger partial charge < -0.3 is 19.7 Å². The van der Waals surface area contributed by atoms with E-state index in [1.54, 1.807) is 0 Å². The van der Waals surface area contributed by atoms with Crippen molar-refractivity contribution in [3.05, 3.63) is 59.2 Å². The van der Waals surface area contributed by atoms with Crippen molar-refractivity contribution in [2.75, 3.05) is 34.4 Å². The van der Waals surface area contributed by atoms with Crippen LogP contribution in [0.2, 0.25) is 0 Å². The van der Waals surface area contributed by atoms with E-state index in [2.05, 4.69) is 10.2 Å². The molecule has 1 atom stereocenters. The average Bonchev–Trinajstić information content (AvgIpc) is 2.72. The van der Waals surface area contributed by atoms with Crippen molar-refractivity contribution in [3.63, 3.8) is 0 Å². The molecule has 1 unspecified atom stereocenters. The number of nitrogens with one attached hydrogen (secondary N) is 1. The minimum atomic E-state index is -4.59. The molecule has 0 aliphatic carbocycles. The predicted octanol–water partition coefficient (Wildman–Crippen LogP) is 4.07. The number of carbonyl (C=O) groups is 1. The predicted molar refractivity (Wildman–Crippen MR) is 107 cm³/mol. The summed E-state index contributed by atoms with van der Waals surface area (Å²) in [5.74, 6) is -0.922. The van der Waals surface area contributed by atoms with E-state index in [9.17, 15) is 18.0 Å². The summed E-state index contributed by atoms with van der Waals surface area (Å²) >= 11 is 0. The first kappa shape index (κ1) is 22.0. The van der Waals surface area contributed by atoms with Crippen LogP contribution in [0.1, 0.15) is 34.3 Å². The number of methoxy groups -OCH3 is 2. The molecule has 30 heavy (non-hydrogen) atoms. The van der Waals surface area contributed by atoms with Crippen molar-refractivity contribution < 1.29 is 27.4 Å². The highest BCUT2D eigenvalue weighted by molar-refractivity contribution is 6.00. The van der Waals surface area contributed by atoms with Gasteiger partial charge in [0.25, 0.3) is 5.91 Å². The molecule has 1 fully saturated rings. The van der Waals surface area contributed by atoms with Crippen LogP contribution in [-0.2, 0) is 11.7 Å². The summed E-state index contributed by atoms with van der Waals surface area (Å²) in [6.07, 6.45) is -3.02. The molecule has 0 saturated carbocycles. The SMILES string of the molecule is COc1cc(C(F)(F)F)cc(OC)c1C(=O)NC1(c2ccccc2)CCCN(C)C1. The van der Waals surface area contributed by atoms with Gasteiger partial charge in [0.2, 0.25) is 0 Å². The zero-order valence-electron chi connectivity index (χ0n) is 17.2. The van der Waals surface area contributed by atoms with Crippen molar-refractivity contribution in [3.8, 4) is 11.5 Å². The van der Waals surface area contributed by atoms with E-state index in [0.717, 1.165) is 30.7 Å². The van der Waals surface area contributed by atoms with Gasteiger partial charge in [-0.15, -0.1) is 0 Å². The third-order valence-electron chi connectivity index (χ3n) is 5.42. The maximum atomic E-state index is 13.3. The number of nitrogens with zero attached hydrogens (tertiary/aromatic N) is 1. The molecule has 1 saturated heterocycles. The van der Waals surface area contributed by atoms with Gasteiger partial charge in [0.05, 0.1) is 25.3 Å². The zero-order chi connectivity index (χ0) is 21.9. The molecule has 1 heterocycles. The van der Waals surface area contributed by atoms with Crippen molar-refractivity contribution in [1.82, 2.24) is 10.2 Å². The van der Waals surface area contributed by atoms with Crippen LogP contribution < -0.4 is 14.8 Å². The first-order valence-corrected chi connectivity index (χ1v) is 9.60. The maximum Gasteiger partial charge on any atom is 0.416 e. The number of hydrogen-bond acceptors (Lipinski definition) is 4. The third-order valence-corrected chi connectivity index (χ3v) is 5.42. The molecule has 2 aromatic rings. The Labute approximate surface area is 173 Å². The molecule has 5 nitrogen and oxygen atoms in total. The lowest BCUT2D eigenvalue weighted by Gasteiger charge is -2.42. The number of rotatable bonds is 5. The number of alkyl halides is 3. The second kappa shape index (κ2) is 8.55. The van der Waals surface area contributed by atoms with Crippen LogP contribution in [0.3, 0.4) is 0 Å². The number of halogens is 3. The molecule has 0 bridgehead atoms. The van der Waals surface area contributed by atoms with Crippen LogP contribution in [-0.4, -0.2) is 45.2 Å². The highest BCUT2D eigenvalue weighted by atomic mass is 19.4. The minimum Gasteiger partial charge on any atom is -0.496 e. The Kier molecular flexibility index (Phi) is 6.26. The van der Waals surface area contributed by atoms with Gasteiger partial charge in [-0.2, -0.15) is 13.2 Å². The smallest absolute Gasteiger partial charge is 0.416 e. The standard InChI is InChI=1S/C22H25F3N2O3/c1-27-11-7-10-21(14-27,15-8-5-4-6-9-15)26-20(28)19-17(29-2)12-16(22(23,24)25)13-18(19)30-3/h4-6,8-9,12-13H,7,10-11,14H2,1-3H3,(H,26,28). The summed E-state index contributed by atoms with van der Waals surface area (Å²) in [7, 11) is 4.43. The lowest BCUT2D eigenvalue weighted by Crippen LogP contribution is -2.55. The number of hydrogen-bond donors (Lipinski definition) is 1. The van der Waals surface area contributed by atoms with Crippen LogP contribution in [0.5, 0.6) is 11.5 Å². The molecule has 1 N–H and O–H groups in total. The van der Waals surface area contributed by atoms with Crippen LogP contribution in [0.15, 0.2) is 42.5 Å². The Morgan fingerprint density at radius 3 is 2.20 bits per heavy atom. The summed E-state index contributed by atoms with van der Waals surface area (Å²) in [6.45, 7) is 1.48. The minimum absolute atomic E-state index is 0.0588. The van der Waals surface area contributed by atoms with Crippen molar-refractivity contribution in [2.45, 2.75) is 24.6 Å². The lowest BCUT2D eigenvalue weighted by molar-refractivity contribution is -0.137. The van der Waals surface area contributed by atoms with Crippen LogP contribution in [0.25, 0.3) is 0 Å². The topological polar surface area (TPSA) is 50.8 Å².